The third-order valence-corrected chi connectivity index (χ3v) is 2.19. The summed E-state index contributed by atoms with van der Waals surface area (Å²) in [7, 11) is 0. The number of carbonyl (C=O) groups is 1. The fourth-order valence-electron chi connectivity index (χ4n) is 1.66. The summed E-state index contributed by atoms with van der Waals surface area (Å²) in [6, 6.07) is 0.321. The first kappa shape index (κ1) is 6.16. The van der Waals surface area contributed by atoms with E-state index >= 15 is 0 Å². The van der Waals surface area contributed by atoms with E-state index in [4.69, 9.17) is 4.74 Å². The van der Waals surface area contributed by atoms with E-state index in [9.17, 15) is 4.79 Å². The number of carbonyl (C=O) groups excluding carboxylic acids is 1. The molecule has 0 aromatic rings. The molecule has 1 N–H and O–H groups in total. The second-order valence-corrected chi connectivity index (χ2v) is 2.94. The van der Waals surface area contributed by atoms with Crippen molar-refractivity contribution in [2.24, 2.45) is 0 Å². The molecular weight excluding hydrogens is 130 g/mol. The molecule has 0 aromatic carbocycles. The van der Waals surface area contributed by atoms with Gasteiger partial charge >= 0.3 is 5.97 Å². The summed E-state index contributed by atoms with van der Waals surface area (Å²) < 4.78 is 5.06. The maximum absolute atomic E-state index is 10.7. The molecule has 2 heterocycles. The molecule has 2 aliphatic rings. The highest BCUT2D eigenvalue weighted by molar-refractivity contribution is 5.72. The van der Waals surface area contributed by atoms with E-state index in [1.54, 1.807) is 0 Å². The predicted octanol–water partition coefficient (Wildman–Crippen LogP) is 0.0539. The van der Waals surface area contributed by atoms with Gasteiger partial charge in [0.2, 0.25) is 0 Å². The molecular formula is C7H11NO2. The average Bonchev–Trinajstić information content (AvgIpc) is 2.27. The number of ether oxygens (including phenoxy) is 1. The van der Waals surface area contributed by atoms with Gasteiger partial charge in [0, 0.05) is 0 Å². The molecule has 2 saturated heterocycles. The van der Waals surface area contributed by atoms with Gasteiger partial charge in [0.25, 0.3) is 0 Å². The summed E-state index contributed by atoms with van der Waals surface area (Å²) in [5.41, 5.74) is 0. The van der Waals surface area contributed by atoms with Crippen LogP contribution >= 0.6 is 0 Å². The molecule has 0 aromatic heterocycles. The van der Waals surface area contributed by atoms with Gasteiger partial charge in [0.05, 0.1) is 12.5 Å². The molecule has 2 rings (SSSR count). The fraction of sp³-hybridized carbons (Fsp3) is 0.857. The lowest BCUT2D eigenvalue weighted by Crippen LogP contribution is -2.41. The Kier molecular flexibility index (Phi) is 1.38. The molecule has 0 amide bonds. The lowest BCUT2D eigenvalue weighted by Gasteiger charge is -2.23. The second kappa shape index (κ2) is 2.23. The van der Waals surface area contributed by atoms with Crippen molar-refractivity contribution in [1.29, 1.82) is 0 Å². The molecule has 0 spiro atoms. The summed E-state index contributed by atoms with van der Waals surface area (Å²) in [6.07, 6.45) is 2.93. The number of hydrogen-bond donors (Lipinski definition) is 1. The number of esters is 1. The van der Waals surface area contributed by atoms with Gasteiger partial charge in [-0.1, -0.05) is 0 Å². The Labute approximate surface area is 59.7 Å². The zero-order valence-corrected chi connectivity index (χ0v) is 5.80. The molecule has 0 saturated carbocycles. The Morgan fingerprint density at radius 1 is 1.60 bits per heavy atom. The van der Waals surface area contributed by atoms with Crippen LogP contribution < -0.4 is 5.32 Å². The van der Waals surface area contributed by atoms with Crippen LogP contribution in [0.5, 0.6) is 0 Å². The summed E-state index contributed by atoms with van der Waals surface area (Å²) in [6.45, 7) is 1.04. The van der Waals surface area contributed by atoms with E-state index in [2.05, 4.69) is 5.32 Å². The number of nitrogens with one attached hydrogen (secondary N) is 1. The van der Waals surface area contributed by atoms with Crippen molar-refractivity contribution in [1.82, 2.24) is 5.32 Å². The SMILES string of the molecule is O=C1C[C@@H]2NCCC[C@@H]2O1. The topological polar surface area (TPSA) is 38.3 Å². The van der Waals surface area contributed by atoms with E-state index in [-0.39, 0.29) is 12.1 Å². The van der Waals surface area contributed by atoms with E-state index in [0.717, 1.165) is 19.4 Å². The highest BCUT2D eigenvalue weighted by Crippen LogP contribution is 2.21. The maximum Gasteiger partial charge on any atom is 0.307 e. The van der Waals surface area contributed by atoms with E-state index < -0.39 is 0 Å². The summed E-state index contributed by atoms with van der Waals surface area (Å²) in [5, 5.41) is 3.27. The monoisotopic (exact) mass is 141 g/mol. The van der Waals surface area contributed by atoms with E-state index in [0.29, 0.717) is 12.5 Å². The average molecular weight is 141 g/mol. The highest BCUT2D eigenvalue weighted by atomic mass is 16.6. The van der Waals surface area contributed by atoms with Crippen molar-refractivity contribution in [2.75, 3.05) is 6.54 Å². The van der Waals surface area contributed by atoms with Crippen LogP contribution in [0.25, 0.3) is 0 Å². The molecule has 0 radical (unpaired) electrons. The fourth-order valence-corrected chi connectivity index (χ4v) is 1.66. The third kappa shape index (κ3) is 0.904. The van der Waals surface area contributed by atoms with Crippen molar-refractivity contribution >= 4 is 5.97 Å². The molecule has 0 unspecified atom stereocenters. The Hall–Kier alpha value is -0.570. The van der Waals surface area contributed by atoms with E-state index in [1.165, 1.54) is 0 Å². The van der Waals surface area contributed by atoms with Gasteiger partial charge in [-0.3, -0.25) is 4.79 Å². The highest BCUT2D eigenvalue weighted by Gasteiger charge is 2.35. The zero-order chi connectivity index (χ0) is 6.97. The zero-order valence-electron chi connectivity index (χ0n) is 5.80. The van der Waals surface area contributed by atoms with Gasteiger partial charge in [-0.05, 0) is 19.4 Å². The largest absolute Gasteiger partial charge is 0.461 e. The number of fused-ring (bicyclic) bond motifs is 1. The van der Waals surface area contributed by atoms with Crippen LogP contribution in [0.15, 0.2) is 0 Å². The lowest BCUT2D eigenvalue weighted by atomic mass is 10.0. The van der Waals surface area contributed by atoms with Gasteiger partial charge in [-0.25, -0.2) is 0 Å². The van der Waals surface area contributed by atoms with Crippen LogP contribution in [0.4, 0.5) is 0 Å². The van der Waals surface area contributed by atoms with Crippen molar-refractivity contribution in [3.05, 3.63) is 0 Å². The second-order valence-electron chi connectivity index (χ2n) is 2.94. The van der Waals surface area contributed by atoms with Crippen molar-refractivity contribution in [3.8, 4) is 0 Å². The van der Waals surface area contributed by atoms with Gasteiger partial charge in [0.15, 0.2) is 0 Å². The van der Waals surface area contributed by atoms with Crippen LogP contribution in [0.2, 0.25) is 0 Å². The minimum Gasteiger partial charge on any atom is -0.461 e. The maximum atomic E-state index is 10.7. The first-order valence-corrected chi connectivity index (χ1v) is 3.79. The number of piperidine rings is 1. The van der Waals surface area contributed by atoms with Crippen LogP contribution in [-0.2, 0) is 9.53 Å². The molecule has 0 aliphatic carbocycles. The Morgan fingerprint density at radius 2 is 2.50 bits per heavy atom. The molecule has 10 heavy (non-hydrogen) atoms. The Bertz CT molecular complexity index is 142. The summed E-state index contributed by atoms with van der Waals surface area (Å²) in [4.78, 5) is 10.7. The standard InChI is InChI=1S/C7H11NO2/c9-7-4-5-6(10-7)2-1-3-8-5/h5-6,8H,1-4H2/t5-,6-/m0/s1. The third-order valence-electron chi connectivity index (χ3n) is 2.19. The molecule has 2 aliphatic heterocycles. The predicted molar refractivity (Wildman–Crippen MR) is 35.5 cm³/mol. The molecule has 3 heteroatoms. The first-order valence-electron chi connectivity index (χ1n) is 3.79. The van der Waals surface area contributed by atoms with E-state index in [1.807, 2.05) is 0 Å². The normalized spacial score (nSPS) is 39.0. The van der Waals surface area contributed by atoms with Crippen LogP contribution in [0.3, 0.4) is 0 Å². The molecule has 3 nitrogen and oxygen atoms in total. The van der Waals surface area contributed by atoms with Crippen LogP contribution in [0, 0.1) is 0 Å². The number of rotatable bonds is 0. The van der Waals surface area contributed by atoms with Gasteiger partial charge in [0.1, 0.15) is 6.10 Å². The molecule has 56 valence electrons. The first-order chi connectivity index (χ1) is 4.86. The summed E-state index contributed by atoms with van der Waals surface area (Å²) >= 11 is 0. The van der Waals surface area contributed by atoms with Crippen molar-refractivity contribution < 1.29 is 9.53 Å². The van der Waals surface area contributed by atoms with Gasteiger partial charge in [-0.2, -0.15) is 0 Å². The van der Waals surface area contributed by atoms with Crippen molar-refractivity contribution in [2.45, 2.75) is 31.4 Å². The smallest absolute Gasteiger partial charge is 0.307 e. The van der Waals surface area contributed by atoms with Gasteiger partial charge in [-0.15, -0.1) is 0 Å². The summed E-state index contributed by atoms with van der Waals surface area (Å²) in [5.74, 6) is -0.0376. The molecule has 2 fully saturated rings. The molecule has 2 atom stereocenters. The lowest BCUT2D eigenvalue weighted by molar-refractivity contribution is -0.141. The number of hydrogen-bond acceptors (Lipinski definition) is 3. The molecule has 0 bridgehead atoms. The van der Waals surface area contributed by atoms with Crippen molar-refractivity contribution in [3.63, 3.8) is 0 Å². The quantitative estimate of drug-likeness (QED) is 0.484. The Balaban J connectivity index is 2.04. The van der Waals surface area contributed by atoms with Crippen LogP contribution in [-0.4, -0.2) is 24.7 Å². The van der Waals surface area contributed by atoms with Crippen LogP contribution in [0.1, 0.15) is 19.3 Å². The minimum absolute atomic E-state index is 0.0376. The van der Waals surface area contributed by atoms with Gasteiger partial charge < -0.3 is 10.1 Å². The minimum atomic E-state index is -0.0376. The Morgan fingerprint density at radius 3 is 3.30 bits per heavy atom.